The van der Waals surface area contributed by atoms with E-state index < -0.39 is 0 Å². The number of nitrogens with one attached hydrogen (secondary N) is 1. The number of carbonyl (C=O) groups is 1. The van der Waals surface area contributed by atoms with E-state index in [1.54, 1.807) is 26.0 Å². The van der Waals surface area contributed by atoms with E-state index in [1.165, 1.54) is 0 Å². The molecular weight excluding hydrogens is 229 g/mol. The predicted octanol–water partition coefficient (Wildman–Crippen LogP) is 2.69. The Bertz CT molecular complexity index is 370. The molecule has 0 saturated carbocycles. The maximum Gasteiger partial charge on any atom is 0.221 e. The van der Waals surface area contributed by atoms with E-state index in [9.17, 15) is 9.18 Å². The topological polar surface area (TPSA) is 29.1 Å². The van der Waals surface area contributed by atoms with E-state index in [2.05, 4.69) is 5.32 Å². The van der Waals surface area contributed by atoms with Crippen LogP contribution in [0.4, 0.5) is 4.39 Å². The molecule has 0 radical (unpaired) electrons. The van der Waals surface area contributed by atoms with Gasteiger partial charge in [0.05, 0.1) is 0 Å². The number of rotatable bonds is 4. The van der Waals surface area contributed by atoms with Crippen LogP contribution in [0.25, 0.3) is 0 Å². The van der Waals surface area contributed by atoms with E-state index in [1.807, 2.05) is 0 Å². The lowest BCUT2D eigenvalue weighted by Crippen LogP contribution is -2.22. The van der Waals surface area contributed by atoms with Crippen LogP contribution < -0.4 is 5.32 Å². The molecule has 4 heteroatoms. The summed E-state index contributed by atoms with van der Waals surface area (Å²) in [6.45, 7) is 3.84. The van der Waals surface area contributed by atoms with E-state index in [-0.39, 0.29) is 11.7 Å². The molecule has 1 rings (SSSR count). The summed E-state index contributed by atoms with van der Waals surface area (Å²) < 4.78 is 13.3. The lowest BCUT2D eigenvalue weighted by atomic mass is 10.1. The molecule has 16 heavy (non-hydrogen) atoms. The highest BCUT2D eigenvalue weighted by molar-refractivity contribution is 6.18. The standard InChI is InChI=1S/C12H15ClFNO/c1-8-5-10(6-9(2)12(8)14)7-15-11(16)3-4-13/h5-6H,3-4,7H2,1-2H3,(H,15,16). The Labute approximate surface area is 99.8 Å². The second kappa shape index (κ2) is 5.85. The van der Waals surface area contributed by atoms with Crippen molar-refractivity contribution in [2.24, 2.45) is 0 Å². The van der Waals surface area contributed by atoms with Crippen LogP contribution in [0.2, 0.25) is 0 Å². The van der Waals surface area contributed by atoms with Crippen LogP contribution in [-0.4, -0.2) is 11.8 Å². The molecule has 0 spiro atoms. The number of amides is 1. The van der Waals surface area contributed by atoms with Crippen LogP contribution >= 0.6 is 11.6 Å². The van der Waals surface area contributed by atoms with Gasteiger partial charge in [-0.3, -0.25) is 4.79 Å². The maximum atomic E-state index is 13.3. The first-order valence-electron chi connectivity index (χ1n) is 5.13. The zero-order valence-electron chi connectivity index (χ0n) is 9.44. The zero-order chi connectivity index (χ0) is 12.1. The van der Waals surface area contributed by atoms with Crippen molar-refractivity contribution in [2.45, 2.75) is 26.8 Å². The van der Waals surface area contributed by atoms with Gasteiger partial charge in [-0.25, -0.2) is 4.39 Å². The normalized spacial score (nSPS) is 10.2. The smallest absolute Gasteiger partial charge is 0.221 e. The number of hydrogen-bond donors (Lipinski definition) is 1. The van der Waals surface area contributed by atoms with Gasteiger partial charge in [0, 0.05) is 18.8 Å². The first-order valence-corrected chi connectivity index (χ1v) is 5.66. The van der Waals surface area contributed by atoms with Crippen LogP contribution in [0.3, 0.4) is 0 Å². The average Bonchev–Trinajstić information content (AvgIpc) is 2.23. The van der Waals surface area contributed by atoms with Crippen molar-refractivity contribution < 1.29 is 9.18 Å². The molecule has 0 atom stereocenters. The quantitative estimate of drug-likeness (QED) is 0.810. The summed E-state index contributed by atoms with van der Waals surface area (Å²) in [4.78, 5) is 11.2. The molecule has 0 fully saturated rings. The van der Waals surface area contributed by atoms with Crippen LogP contribution in [0.1, 0.15) is 23.1 Å². The summed E-state index contributed by atoms with van der Waals surface area (Å²) in [7, 11) is 0. The largest absolute Gasteiger partial charge is 0.352 e. The van der Waals surface area contributed by atoms with Crippen molar-refractivity contribution in [3.63, 3.8) is 0 Å². The van der Waals surface area contributed by atoms with Gasteiger partial charge in [-0.2, -0.15) is 0 Å². The third-order valence-electron chi connectivity index (χ3n) is 2.31. The van der Waals surface area contributed by atoms with Gasteiger partial charge in [0.25, 0.3) is 0 Å². The SMILES string of the molecule is Cc1cc(CNC(=O)CCCl)cc(C)c1F. The molecule has 0 saturated heterocycles. The minimum Gasteiger partial charge on any atom is -0.352 e. The fourth-order valence-corrected chi connectivity index (χ4v) is 1.68. The van der Waals surface area contributed by atoms with Gasteiger partial charge in [-0.05, 0) is 30.5 Å². The fraction of sp³-hybridized carbons (Fsp3) is 0.417. The number of carbonyl (C=O) groups excluding carboxylic acids is 1. The van der Waals surface area contributed by atoms with Crippen LogP contribution in [-0.2, 0) is 11.3 Å². The minimum absolute atomic E-state index is 0.0883. The Hall–Kier alpha value is -1.09. The molecule has 0 heterocycles. The van der Waals surface area contributed by atoms with Crippen molar-refractivity contribution in [3.05, 3.63) is 34.6 Å². The Balaban J connectivity index is 2.65. The second-order valence-corrected chi connectivity index (χ2v) is 4.14. The van der Waals surface area contributed by atoms with Crippen molar-refractivity contribution in [3.8, 4) is 0 Å². The molecule has 1 amide bonds. The second-order valence-electron chi connectivity index (χ2n) is 3.76. The van der Waals surface area contributed by atoms with Gasteiger partial charge >= 0.3 is 0 Å². The number of aryl methyl sites for hydroxylation is 2. The predicted molar refractivity (Wildman–Crippen MR) is 63.1 cm³/mol. The molecule has 0 aromatic heterocycles. The molecule has 2 nitrogen and oxygen atoms in total. The summed E-state index contributed by atoms with van der Waals surface area (Å²) in [6, 6.07) is 3.48. The molecule has 1 N–H and O–H groups in total. The Morgan fingerprint density at radius 1 is 1.38 bits per heavy atom. The fourth-order valence-electron chi connectivity index (χ4n) is 1.51. The van der Waals surface area contributed by atoms with Crippen LogP contribution in [0.5, 0.6) is 0 Å². The number of benzene rings is 1. The number of halogens is 2. The Morgan fingerprint density at radius 3 is 2.44 bits per heavy atom. The van der Waals surface area contributed by atoms with Gasteiger partial charge in [0.15, 0.2) is 0 Å². The zero-order valence-corrected chi connectivity index (χ0v) is 10.2. The first-order chi connectivity index (χ1) is 7.54. The van der Waals surface area contributed by atoms with Gasteiger partial charge in [0.2, 0.25) is 5.91 Å². The summed E-state index contributed by atoms with van der Waals surface area (Å²) in [5.41, 5.74) is 2.10. The lowest BCUT2D eigenvalue weighted by molar-refractivity contribution is -0.120. The van der Waals surface area contributed by atoms with E-state index in [0.717, 1.165) is 5.56 Å². The molecule has 88 valence electrons. The van der Waals surface area contributed by atoms with Gasteiger partial charge in [-0.1, -0.05) is 12.1 Å². The van der Waals surface area contributed by atoms with Crippen molar-refractivity contribution in [2.75, 3.05) is 5.88 Å². The average molecular weight is 244 g/mol. The Kier molecular flexibility index (Phi) is 4.74. The monoisotopic (exact) mass is 243 g/mol. The molecule has 0 unspecified atom stereocenters. The number of alkyl halides is 1. The highest BCUT2D eigenvalue weighted by atomic mass is 35.5. The van der Waals surface area contributed by atoms with E-state index in [4.69, 9.17) is 11.6 Å². The summed E-state index contributed by atoms with van der Waals surface area (Å²) >= 11 is 5.44. The summed E-state index contributed by atoms with van der Waals surface area (Å²) in [5, 5.41) is 2.73. The minimum atomic E-state index is -0.184. The summed E-state index contributed by atoms with van der Waals surface area (Å²) in [5.74, 6) is 0.0401. The lowest BCUT2D eigenvalue weighted by Gasteiger charge is -2.08. The number of hydrogen-bond acceptors (Lipinski definition) is 1. The van der Waals surface area contributed by atoms with Gasteiger partial charge in [-0.15, -0.1) is 11.6 Å². The molecule has 1 aromatic rings. The van der Waals surface area contributed by atoms with Crippen molar-refractivity contribution >= 4 is 17.5 Å². The van der Waals surface area contributed by atoms with Gasteiger partial charge in [0.1, 0.15) is 5.82 Å². The third-order valence-corrected chi connectivity index (χ3v) is 2.50. The highest BCUT2D eigenvalue weighted by Gasteiger charge is 2.05. The molecule has 0 aliphatic carbocycles. The van der Waals surface area contributed by atoms with Crippen LogP contribution in [0.15, 0.2) is 12.1 Å². The maximum absolute atomic E-state index is 13.3. The molecule has 0 aliphatic rings. The highest BCUT2D eigenvalue weighted by Crippen LogP contribution is 2.14. The molecule has 0 aliphatic heterocycles. The van der Waals surface area contributed by atoms with E-state index in [0.29, 0.717) is 30.0 Å². The van der Waals surface area contributed by atoms with Crippen molar-refractivity contribution in [1.29, 1.82) is 0 Å². The molecular formula is C12H15ClFNO. The molecule has 1 aromatic carbocycles. The van der Waals surface area contributed by atoms with E-state index >= 15 is 0 Å². The summed E-state index contributed by atoms with van der Waals surface area (Å²) in [6.07, 6.45) is 0.306. The van der Waals surface area contributed by atoms with Gasteiger partial charge < -0.3 is 5.32 Å². The Morgan fingerprint density at radius 2 is 1.94 bits per heavy atom. The van der Waals surface area contributed by atoms with Crippen molar-refractivity contribution in [1.82, 2.24) is 5.32 Å². The van der Waals surface area contributed by atoms with Crippen LogP contribution in [0, 0.1) is 19.7 Å². The molecule has 0 bridgehead atoms. The first kappa shape index (κ1) is 13.0. The third kappa shape index (κ3) is 3.49.